The summed E-state index contributed by atoms with van der Waals surface area (Å²) in [6.07, 6.45) is 13.7. The molecule has 0 aliphatic heterocycles. The summed E-state index contributed by atoms with van der Waals surface area (Å²) < 4.78 is 0. The molecule has 4 aliphatic carbocycles. The average molecular weight is 730 g/mol. The predicted molar refractivity (Wildman–Crippen MR) is 201 cm³/mol. The number of ketones is 2. The summed E-state index contributed by atoms with van der Waals surface area (Å²) in [6.45, 7) is 3.66. The SMILES string of the molecule is CC1=C(Nc2cc(N)ccc2Cl)CCC1=O.CC1=C(Nc2cc(NC(=O)C3CCCCC3)ccc2Cl)CCC1=O.O=C(Cl)C1CCCCC1. The molecule has 0 atom stereocenters. The second-order valence-corrected chi connectivity index (χ2v) is 14.4. The molecular formula is C38H47Cl3N4O4. The number of carbonyl (C=O) groups is 4. The van der Waals surface area contributed by atoms with Crippen molar-refractivity contribution >= 4 is 80.3 Å². The van der Waals surface area contributed by atoms with E-state index in [4.69, 9.17) is 40.5 Å². The topological polar surface area (TPSA) is 130 Å². The molecule has 2 aromatic rings. The van der Waals surface area contributed by atoms with Crippen LogP contribution in [-0.2, 0) is 19.2 Å². The number of rotatable bonds is 7. The first-order chi connectivity index (χ1) is 23.4. The third kappa shape index (κ3) is 11.3. The van der Waals surface area contributed by atoms with Crippen molar-refractivity contribution in [2.24, 2.45) is 11.8 Å². The monoisotopic (exact) mass is 728 g/mol. The first kappa shape index (κ1) is 38.5. The van der Waals surface area contributed by atoms with E-state index in [1.165, 1.54) is 25.7 Å². The van der Waals surface area contributed by atoms with Crippen LogP contribution in [0.3, 0.4) is 0 Å². The van der Waals surface area contributed by atoms with Crippen LogP contribution in [0, 0.1) is 11.8 Å². The quantitative estimate of drug-likeness (QED) is 0.165. The number of allylic oxidation sites excluding steroid dienone is 4. The van der Waals surface area contributed by atoms with Gasteiger partial charge in [-0.2, -0.15) is 0 Å². The molecule has 2 saturated carbocycles. The van der Waals surface area contributed by atoms with E-state index in [0.717, 1.165) is 84.5 Å². The van der Waals surface area contributed by atoms with Crippen LogP contribution in [0.15, 0.2) is 58.9 Å². The first-order valence-electron chi connectivity index (χ1n) is 17.3. The Labute approximate surface area is 304 Å². The number of anilines is 4. The summed E-state index contributed by atoms with van der Waals surface area (Å²) in [5, 5.41) is 10.5. The maximum atomic E-state index is 12.4. The number of hydrogen-bond acceptors (Lipinski definition) is 7. The smallest absolute Gasteiger partial charge is 0.227 e. The summed E-state index contributed by atoms with van der Waals surface area (Å²) >= 11 is 17.6. The lowest BCUT2D eigenvalue weighted by molar-refractivity contribution is -0.121. The first-order valence-corrected chi connectivity index (χ1v) is 18.4. The van der Waals surface area contributed by atoms with Gasteiger partial charge in [0.15, 0.2) is 11.6 Å². The molecular weight excluding hydrogens is 683 g/mol. The Balaban J connectivity index is 0.000000185. The molecule has 0 spiro atoms. The Bertz CT molecular complexity index is 1610. The third-order valence-corrected chi connectivity index (χ3v) is 10.6. The van der Waals surface area contributed by atoms with Crippen LogP contribution >= 0.6 is 34.8 Å². The van der Waals surface area contributed by atoms with Gasteiger partial charge in [0, 0.05) is 58.6 Å². The van der Waals surface area contributed by atoms with Crippen LogP contribution < -0.4 is 21.7 Å². The van der Waals surface area contributed by atoms with Gasteiger partial charge >= 0.3 is 0 Å². The number of nitrogens with one attached hydrogen (secondary N) is 3. The van der Waals surface area contributed by atoms with Crippen molar-refractivity contribution in [3.05, 3.63) is 69.0 Å². The van der Waals surface area contributed by atoms with E-state index in [1.54, 1.807) is 24.3 Å². The minimum Gasteiger partial charge on any atom is -0.399 e. The summed E-state index contributed by atoms with van der Waals surface area (Å²) in [4.78, 5) is 46.0. The molecule has 0 unspecified atom stereocenters. The second-order valence-electron chi connectivity index (χ2n) is 13.2. The molecule has 11 heteroatoms. The van der Waals surface area contributed by atoms with Crippen LogP contribution in [0.25, 0.3) is 0 Å². The zero-order valence-electron chi connectivity index (χ0n) is 28.4. The van der Waals surface area contributed by atoms with Gasteiger partial charge in [0.1, 0.15) is 0 Å². The van der Waals surface area contributed by atoms with Gasteiger partial charge in [0.05, 0.1) is 21.4 Å². The van der Waals surface area contributed by atoms with Crippen molar-refractivity contribution in [2.75, 3.05) is 21.7 Å². The zero-order chi connectivity index (χ0) is 35.5. The molecule has 0 radical (unpaired) electrons. The molecule has 0 heterocycles. The minimum absolute atomic E-state index is 0.0920. The van der Waals surface area contributed by atoms with E-state index in [1.807, 2.05) is 26.0 Å². The van der Waals surface area contributed by atoms with Gasteiger partial charge in [-0.1, -0.05) is 61.7 Å². The fraction of sp³-hybridized carbons (Fsp3) is 0.474. The lowest BCUT2D eigenvalue weighted by atomic mass is 9.88. The number of Topliss-reactive ketones (excluding diaryl/α,β-unsaturated/α-hetero) is 2. The normalized spacial score (nSPS) is 18.4. The largest absolute Gasteiger partial charge is 0.399 e. The van der Waals surface area contributed by atoms with Crippen molar-refractivity contribution in [1.82, 2.24) is 0 Å². The number of carbonyl (C=O) groups excluding carboxylic acids is 4. The number of benzene rings is 2. The molecule has 264 valence electrons. The Morgan fingerprint density at radius 3 is 1.59 bits per heavy atom. The molecule has 2 fully saturated rings. The molecule has 8 nitrogen and oxygen atoms in total. The highest BCUT2D eigenvalue weighted by atomic mass is 35.5. The molecule has 0 saturated heterocycles. The van der Waals surface area contributed by atoms with E-state index < -0.39 is 0 Å². The zero-order valence-corrected chi connectivity index (χ0v) is 30.6. The van der Waals surface area contributed by atoms with E-state index in [2.05, 4.69) is 16.0 Å². The van der Waals surface area contributed by atoms with Gasteiger partial charge in [-0.15, -0.1) is 0 Å². The highest BCUT2D eigenvalue weighted by Gasteiger charge is 2.23. The maximum Gasteiger partial charge on any atom is 0.227 e. The Kier molecular flexibility index (Phi) is 14.6. The number of amides is 1. The fourth-order valence-electron chi connectivity index (χ4n) is 6.48. The van der Waals surface area contributed by atoms with Crippen LogP contribution in [0.2, 0.25) is 10.0 Å². The van der Waals surface area contributed by atoms with Gasteiger partial charge in [-0.05, 0) is 100 Å². The summed E-state index contributed by atoms with van der Waals surface area (Å²) in [5.74, 6) is 0.760. The standard InChI is InChI=1S/C19H23ClN2O2.C12H13ClN2O.C7H11ClO/c1-12-16(9-10-18(12)23)22-17-11-14(7-8-15(17)20)21-19(24)13-5-3-2-4-6-13;1-7-10(4-5-12(7)16)15-11-6-8(14)2-3-9(11)13;8-7(9)6-4-2-1-3-5-6/h7-8,11,13,22H,2-6,9-10H2,1H3,(H,21,24);2-3,6,15H,4-5,14H2,1H3;6H,1-5H2. The summed E-state index contributed by atoms with van der Waals surface area (Å²) in [5.41, 5.74) is 12.0. The number of hydrogen-bond donors (Lipinski definition) is 4. The van der Waals surface area contributed by atoms with Gasteiger partial charge in [0.2, 0.25) is 11.1 Å². The summed E-state index contributed by atoms with van der Waals surface area (Å²) in [6, 6.07) is 10.7. The van der Waals surface area contributed by atoms with E-state index in [-0.39, 0.29) is 34.6 Å². The molecule has 6 rings (SSSR count). The fourth-order valence-corrected chi connectivity index (χ4v) is 7.03. The predicted octanol–water partition coefficient (Wildman–Crippen LogP) is 10.2. The molecule has 49 heavy (non-hydrogen) atoms. The lowest BCUT2D eigenvalue weighted by Crippen LogP contribution is -2.24. The molecule has 0 bridgehead atoms. The van der Waals surface area contributed by atoms with Crippen LogP contribution in [-0.4, -0.2) is 22.7 Å². The Morgan fingerprint density at radius 2 is 1.14 bits per heavy atom. The molecule has 1 amide bonds. The van der Waals surface area contributed by atoms with Crippen molar-refractivity contribution in [3.8, 4) is 0 Å². The Hall–Kier alpha value is -3.33. The van der Waals surface area contributed by atoms with E-state index in [9.17, 15) is 19.2 Å². The molecule has 2 aromatic carbocycles. The molecule has 4 aliphatic rings. The lowest BCUT2D eigenvalue weighted by Gasteiger charge is -2.21. The van der Waals surface area contributed by atoms with Crippen LogP contribution in [0.5, 0.6) is 0 Å². The average Bonchev–Trinajstić information content (AvgIpc) is 3.59. The van der Waals surface area contributed by atoms with Gasteiger partial charge < -0.3 is 21.7 Å². The number of nitrogens with two attached hydrogens (primary N) is 1. The molecule has 5 N–H and O–H groups in total. The van der Waals surface area contributed by atoms with Crippen molar-refractivity contribution in [1.29, 1.82) is 0 Å². The van der Waals surface area contributed by atoms with Crippen molar-refractivity contribution in [3.63, 3.8) is 0 Å². The van der Waals surface area contributed by atoms with Crippen molar-refractivity contribution < 1.29 is 19.2 Å². The van der Waals surface area contributed by atoms with Gasteiger partial charge in [-0.3, -0.25) is 19.2 Å². The third-order valence-electron chi connectivity index (χ3n) is 9.64. The van der Waals surface area contributed by atoms with Gasteiger partial charge in [-0.25, -0.2) is 0 Å². The summed E-state index contributed by atoms with van der Waals surface area (Å²) in [7, 11) is 0. The molecule has 0 aromatic heterocycles. The Morgan fingerprint density at radius 1 is 0.673 bits per heavy atom. The number of halogens is 3. The van der Waals surface area contributed by atoms with Gasteiger partial charge in [0.25, 0.3) is 0 Å². The second kappa shape index (κ2) is 18.6. The maximum absolute atomic E-state index is 12.4. The van der Waals surface area contributed by atoms with Crippen LogP contribution in [0.4, 0.5) is 22.7 Å². The van der Waals surface area contributed by atoms with E-state index >= 15 is 0 Å². The van der Waals surface area contributed by atoms with E-state index in [0.29, 0.717) is 35.0 Å². The van der Waals surface area contributed by atoms with Crippen molar-refractivity contribution in [2.45, 2.75) is 104 Å². The minimum atomic E-state index is -0.130. The highest BCUT2D eigenvalue weighted by Crippen LogP contribution is 2.33. The highest BCUT2D eigenvalue weighted by molar-refractivity contribution is 6.64. The number of nitrogen functional groups attached to an aromatic ring is 1. The van der Waals surface area contributed by atoms with Crippen LogP contribution in [0.1, 0.15) is 104 Å².